The lowest BCUT2D eigenvalue weighted by molar-refractivity contribution is 0.0669. The van der Waals surface area contributed by atoms with Crippen molar-refractivity contribution < 1.29 is 0 Å². The highest BCUT2D eigenvalue weighted by molar-refractivity contribution is 6.30. The summed E-state index contributed by atoms with van der Waals surface area (Å²) in [5, 5.41) is 0.820. The molecule has 0 bridgehead atoms. The van der Waals surface area contributed by atoms with Gasteiger partial charge in [0.15, 0.2) is 0 Å². The van der Waals surface area contributed by atoms with Crippen LogP contribution in [0.15, 0.2) is 24.3 Å². The van der Waals surface area contributed by atoms with E-state index in [-0.39, 0.29) is 0 Å². The maximum atomic E-state index is 6.25. The van der Waals surface area contributed by atoms with Gasteiger partial charge in [0, 0.05) is 30.2 Å². The van der Waals surface area contributed by atoms with Crippen molar-refractivity contribution >= 4 is 11.6 Å². The Bertz CT molecular complexity index is 413. The van der Waals surface area contributed by atoms with Crippen LogP contribution in [0.1, 0.15) is 31.2 Å². The SMILES string of the molecule is NC1CC(Cc2ccc(Cl)cc2)CN(C2CCC2)C1. The minimum absolute atomic E-state index is 0.353. The van der Waals surface area contributed by atoms with Gasteiger partial charge in [-0.05, 0) is 49.3 Å². The molecule has 1 saturated carbocycles. The number of hydrogen-bond donors (Lipinski definition) is 1. The zero-order valence-corrected chi connectivity index (χ0v) is 12.1. The number of benzene rings is 1. The van der Waals surface area contributed by atoms with Crippen molar-refractivity contribution in [3.05, 3.63) is 34.9 Å². The summed E-state index contributed by atoms with van der Waals surface area (Å²) in [4.78, 5) is 2.64. The van der Waals surface area contributed by atoms with E-state index in [1.165, 1.54) is 31.4 Å². The Morgan fingerprint density at radius 2 is 1.89 bits per heavy atom. The Hall–Kier alpha value is -0.570. The highest BCUT2D eigenvalue weighted by Gasteiger charge is 2.32. The van der Waals surface area contributed by atoms with Crippen LogP contribution in [0.25, 0.3) is 0 Å². The maximum absolute atomic E-state index is 6.25. The normalized spacial score (nSPS) is 29.2. The van der Waals surface area contributed by atoms with Gasteiger partial charge in [-0.25, -0.2) is 0 Å². The largest absolute Gasteiger partial charge is 0.327 e. The van der Waals surface area contributed by atoms with Gasteiger partial charge in [-0.3, -0.25) is 4.90 Å². The molecule has 3 heteroatoms. The molecule has 2 fully saturated rings. The first-order valence-electron chi connectivity index (χ1n) is 7.45. The monoisotopic (exact) mass is 278 g/mol. The smallest absolute Gasteiger partial charge is 0.0406 e. The van der Waals surface area contributed by atoms with E-state index in [1.807, 2.05) is 12.1 Å². The fourth-order valence-electron chi connectivity index (χ4n) is 3.44. The fraction of sp³-hybridized carbons (Fsp3) is 0.625. The summed E-state index contributed by atoms with van der Waals surface area (Å²) < 4.78 is 0. The third kappa shape index (κ3) is 3.31. The molecule has 2 N–H and O–H groups in total. The molecule has 0 spiro atoms. The molecule has 1 saturated heterocycles. The van der Waals surface area contributed by atoms with E-state index in [2.05, 4.69) is 17.0 Å². The first kappa shape index (κ1) is 13.4. The summed E-state index contributed by atoms with van der Waals surface area (Å²) in [5.74, 6) is 0.700. The molecular weight excluding hydrogens is 256 g/mol. The predicted octanol–water partition coefficient (Wildman–Crippen LogP) is 3.08. The van der Waals surface area contributed by atoms with Crippen molar-refractivity contribution in [3.8, 4) is 0 Å². The van der Waals surface area contributed by atoms with Gasteiger partial charge in [0.05, 0.1) is 0 Å². The van der Waals surface area contributed by atoms with Crippen molar-refractivity contribution in [2.75, 3.05) is 13.1 Å². The van der Waals surface area contributed by atoms with E-state index in [0.717, 1.165) is 30.5 Å². The lowest BCUT2D eigenvalue weighted by Crippen LogP contribution is -2.53. The van der Waals surface area contributed by atoms with Crippen molar-refractivity contribution in [3.63, 3.8) is 0 Å². The lowest BCUT2D eigenvalue weighted by atomic mass is 9.84. The molecule has 3 rings (SSSR count). The quantitative estimate of drug-likeness (QED) is 0.921. The number of nitrogens with two attached hydrogens (primary N) is 1. The lowest BCUT2D eigenvalue weighted by Gasteiger charge is -2.44. The molecule has 0 aromatic heterocycles. The van der Waals surface area contributed by atoms with Crippen LogP contribution in [0.4, 0.5) is 0 Å². The van der Waals surface area contributed by atoms with Gasteiger partial charge in [-0.1, -0.05) is 30.2 Å². The summed E-state index contributed by atoms with van der Waals surface area (Å²) in [6.07, 6.45) is 6.44. The van der Waals surface area contributed by atoms with Gasteiger partial charge in [0.1, 0.15) is 0 Å². The molecule has 1 heterocycles. The second-order valence-corrected chi connectivity index (χ2v) is 6.67. The van der Waals surface area contributed by atoms with Crippen LogP contribution in [0.2, 0.25) is 5.02 Å². The Morgan fingerprint density at radius 1 is 1.16 bits per heavy atom. The van der Waals surface area contributed by atoms with Crippen molar-refractivity contribution in [2.45, 2.75) is 44.2 Å². The van der Waals surface area contributed by atoms with E-state index >= 15 is 0 Å². The van der Waals surface area contributed by atoms with E-state index < -0.39 is 0 Å². The summed E-state index contributed by atoms with van der Waals surface area (Å²) in [6, 6.07) is 9.45. The minimum Gasteiger partial charge on any atom is -0.327 e. The Morgan fingerprint density at radius 3 is 2.53 bits per heavy atom. The molecule has 19 heavy (non-hydrogen) atoms. The molecule has 2 nitrogen and oxygen atoms in total. The maximum Gasteiger partial charge on any atom is 0.0406 e. The molecule has 0 radical (unpaired) electrons. The third-order valence-electron chi connectivity index (χ3n) is 4.63. The first-order valence-corrected chi connectivity index (χ1v) is 7.82. The van der Waals surface area contributed by atoms with Gasteiger partial charge >= 0.3 is 0 Å². The second-order valence-electron chi connectivity index (χ2n) is 6.23. The minimum atomic E-state index is 0.353. The van der Waals surface area contributed by atoms with Crippen LogP contribution in [-0.2, 0) is 6.42 Å². The van der Waals surface area contributed by atoms with E-state index in [4.69, 9.17) is 17.3 Å². The zero-order valence-electron chi connectivity index (χ0n) is 11.4. The molecular formula is C16H23ClN2. The number of nitrogens with zero attached hydrogens (tertiary/aromatic N) is 1. The van der Waals surface area contributed by atoms with E-state index in [1.54, 1.807) is 0 Å². The average Bonchev–Trinajstić information content (AvgIpc) is 2.29. The highest BCUT2D eigenvalue weighted by atomic mass is 35.5. The molecule has 2 unspecified atom stereocenters. The second kappa shape index (κ2) is 5.82. The van der Waals surface area contributed by atoms with E-state index in [0.29, 0.717) is 12.0 Å². The summed E-state index contributed by atoms with van der Waals surface area (Å²) in [6.45, 7) is 2.32. The molecule has 2 aliphatic rings. The summed E-state index contributed by atoms with van der Waals surface area (Å²) in [7, 11) is 0. The van der Waals surface area contributed by atoms with Gasteiger partial charge < -0.3 is 5.73 Å². The number of rotatable bonds is 3. The highest BCUT2D eigenvalue weighted by Crippen LogP contribution is 2.30. The Balaban J connectivity index is 1.61. The third-order valence-corrected chi connectivity index (χ3v) is 4.88. The van der Waals surface area contributed by atoms with Crippen molar-refractivity contribution in [1.29, 1.82) is 0 Å². The number of piperidine rings is 1. The van der Waals surface area contributed by atoms with Gasteiger partial charge in [-0.15, -0.1) is 0 Å². The zero-order chi connectivity index (χ0) is 13.2. The first-order chi connectivity index (χ1) is 9.20. The van der Waals surface area contributed by atoms with Crippen LogP contribution >= 0.6 is 11.6 Å². The molecule has 0 amide bonds. The number of likely N-dealkylation sites (tertiary alicyclic amines) is 1. The van der Waals surface area contributed by atoms with Crippen LogP contribution < -0.4 is 5.73 Å². The molecule has 104 valence electrons. The summed E-state index contributed by atoms with van der Waals surface area (Å²) >= 11 is 5.94. The van der Waals surface area contributed by atoms with E-state index in [9.17, 15) is 0 Å². The molecule has 1 aliphatic carbocycles. The summed E-state index contributed by atoms with van der Waals surface area (Å²) in [5.41, 5.74) is 7.63. The fourth-order valence-corrected chi connectivity index (χ4v) is 3.56. The molecule has 2 atom stereocenters. The van der Waals surface area contributed by atoms with Crippen LogP contribution in [-0.4, -0.2) is 30.1 Å². The topological polar surface area (TPSA) is 29.3 Å². The molecule has 1 aliphatic heterocycles. The Kier molecular flexibility index (Phi) is 4.11. The predicted molar refractivity (Wildman–Crippen MR) is 80.5 cm³/mol. The standard InChI is InChI=1S/C16H23ClN2/c17-14-6-4-12(5-7-14)8-13-9-15(18)11-19(10-13)16-2-1-3-16/h4-7,13,15-16H,1-3,8-11,18H2. The number of halogens is 1. The molecule has 1 aromatic rings. The van der Waals surface area contributed by atoms with Crippen LogP contribution in [0.3, 0.4) is 0 Å². The molecule has 1 aromatic carbocycles. The van der Waals surface area contributed by atoms with Crippen LogP contribution in [0, 0.1) is 5.92 Å². The van der Waals surface area contributed by atoms with Gasteiger partial charge in [-0.2, -0.15) is 0 Å². The number of hydrogen-bond acceptors (Lipinski definition) is 2. The van der Waals surface area contributed by atoms with Crippen LogP contribution in [0.5, 0.6) is 0 Å². The van der Waals surface area contributed by atoms with Gasteiger partial charge in [0.2, 0.25) is 0 Å². The van der Waals surface area contributed by atoms with Crippen molar-refractivity contribution in [1.82, 2.24) is 4.90 Å². The van der Waals surface area contributed by atoms with Crippen molar-refractivity contribution in [2.24, 2.45) is 11.7 Å². The van der Waals surface area contributed by atoms with Gasteiger partial charge in [0.25, 0.3) is 0 Å². The Labute approximate surface area is 120 Å². The average molecular weight is 279 g/mol.